The van der Waals surface area contributed by atoms with E-state index in [1.165, 1.54) is 141 Å². The molecule has 528 valence electrons. The molecule has 0 aliphatic heterocycles. The monoisotopic (exact) mass is 1310 g/mol. The molecular weight excluding hydrogens is 1170 g/mol. The maximum atomic E-state index is 13.0. The van der Waals surface area contributed by atoms with Gasteiger partial charge in [-0.1, -0.05) is 293 Å². The molecule has 7 atom stereocenters. The number of aliphatic hydroxyl groups is 1. The lowest BCUT2D eigenvalue weighted by Crippen LogP contribution is -2.30. The van der Waals surface area contributed by atoms with E-state index in [1.807, 2.05) is 0 Å². The van der Waals surface area contributed by atoms with Crippen molar-refractivity contribution >= 4 is 39.5 Å². The zero-order valence-electron chi connectivity index (χ0n) is 58.1. The van der Waals surface area contributed by atoms with Crippen LogP contribution < -0.4 is 0 Å². The number of aliphatic hydroxyl groups excluding tert-OH is 1. The van der Waals surface area contributed by atoms with Crippen LogP contribution in [0.1, 0.15) is 344 Å². The third-order valence-electron chi connectivity index (χ3n) is 16.8. The second kappa shape index (κ2) is 59.8. The molecule has 0 rings (SSSR count). The Hall–Kier alpha value is -1.94. The minimum Gasteiger partial charge on any atom is -0.462 e. The van der Waals surface area contributed by atoms with E-state index in [2.05, 4.69) is 55.4 Å². The van der Waals surface area contributed by atoms with Crippen molar-refractivity contribution in [3.63, 3.8) is 0 Å². The summed E-state index contributed by atoms with van der Waals surface area (Å²) in [6.45, 7) is 14.0. The van der Waals surface area contributed by atoms with Gasteiger partial charge < -0.3 is 33.8 Å². The van der Waals surface area contributed by atoms with Crippen molar-refractivity contribution < 1.29 is 80.2 Å². The van der Waals surface area contributed by atoms with Gasteiger partial charge in [0.15, 0.2) is 12.2 Å². The van der Waals surface area contributed by atoms with Gasteiger partial charge in [-0.3, -0.25) is 37.3 Å². The lowest BCUT2D eigenvalue weighted by Gasteiger charge is -2.21. The lowest BCUT2D eigenvalue weighted by atomic mass is 9.99. The number of rotatable bonds is 67. The summed E-state index contributed by atoms with van der Waals surface area (Å²) < 4.78 is 68.2. The zero-order valence-corrected chi connectivity index (χ0v) is 59.8. The zero-order chi connectivity index (χ0) is 66.1. The molecule has 0 spiro atoms. The van der Waals surface area contributed by atoms with E-state index in [1.54, 1.807) is 0 Å². The first-order valence-electron chi connectivity index (χ1n) is 36.3. The molecule has 0 aromatic rings. The van der Waals surface area contributed by atoms with Gasteiger partial charge in [0.05, 0.1) is 26.4 Å². The molecule has 0 aromatic carbocycles. The minimum atomic E-state index is -4.95. The Morgan fingerprint density at radius 3 is 0.798 bits per heavy atom. The highest BCUT2D eigenvalue weighted by molar-refractivity contribution is 7.47. The Morgan fingerprint density at radius 1 is 0.315 bits per heavy atom. The van der Waals surface area contributed by atoms with Gasteiger partial charge in [0.1, 0.15) is 19.3 Å². The summed E-state index contributed by atoms with van der Waals surface area (Å²) in [5.74, 6) is 0.851. The molecule has 0 aliphatic rings. The Morgan fingerprint density at radius 2 is 0.539 bits per heavy atom. The van der Waals surface area contributed by atoms with Crippen molar-refractivity contribution in [1.29, 1.82) is 0 Å². The smallest absolute Gasteiger partial charge is 0.462 e. The first-order valence-corrected chi connectivity index (χ1v) is 39.3. The predicted molar refractivity (Wildman–Crippen MR) is 358 cm³/mol. The molecule has 4 unspecified atom stereocenters. The van der Waals surface area contributed by atoms with Crippen LogP contribution >= 0.6 is 15.6 Å². The van der Waals surface area contributed by atoms with Gasteiger partial charge in [-0.2, -0.15) is 0 Å². The Kier molecular flexibility index (Phi) is 58.5. The highest BCUT2D eigenvalue weighted by Crippen LogP contribution is 2.45. The molecule has 0 bridgehead atoms. The first-order chi connectivity index (χ1) is 42.7. The molecular formula is C70H136O17P2. The standard InChI is InChI=1S/C70H136O17P2/c1-9-62(7)48-40-32-23-19-15-13-11-12-14-16-20-24-34-42-50-67(72)80-56-66(87-70(75)53-45-37-29-27-33-41-49-63(8)10-2)59-85-89(78,79)83-55-64(71)54-82-88(76,77)84-58-65(57-81-68(73)51-43-35-28-26-31-39-47-61(5)6)86-69(74)52-44-36-25-21-17-18-22-30-38-46-60(3)4/h60-66,71H,9-59H2,1-8H3,(H,76,77)(H,78,79)/t62?,63?,64-,65+,66+/m0/s1. The number of hydrogen-bond acceptors (Lipinski definition) is 15. The Balaban J connectivity index is 5.19. The third kappa shape index (κ3) is 62.0. The van der Waals surface area contributed by atoms with Crippen molar-refractivity contribution in [2.45, 2.75) is 363 Å². The fourth-order valence-corrected chi connectivity index (χ4v) is 12.0. The SMILES string of the molecule is CCC(C)CCCCCCCCCCCCCCCCC(=O)OC[C@H](COP(=O)(O)OC[C@@H](O)COP(=O)(O)OC[C@@H](COC(=O)CCCCCCCCC(C)C)OC(=O)CCCCCCCCCCCC(C)C)OC(=O)CCCCCCCCC(C)CC. The fraction of sp³-hybridized carbons (Fsp3) is 0.943. The van der Waals surface area contributed by atoms with Crippen molar-refractivity contribution in [2.24, 2.45) is 23.7 Å². The Bertz CT molecular complexity index is 1770. The van der Waals surface area contributed by atoms with Crippen LogP contribution in [-0.4, -0.2) is 96.7 Å². The van der Waals surface area contributed by atoms with E-state index in [9.17, 15) is 43.2 Å². The van der Waals surface area contributed by atoms with Crippen molar-refractivity contribution in [1.82, 2.24) is 0 Å². The number of hydrogen-bond donors (Lipinski definition) is 3. The highest BCUT2D eigenvalue weighted by atomic mass is 31.2. The summed E-state index contributed by atoms with van der Waals surface area (Å²) in [7, 11) is -9.90. The average Bonchev–Trinajstić information content (AvgIpc) is 3.51. The normalized spacial score (nSPS) is 14.9. The van der Waals surface area contributed by atoms with Crippen LogP contribution in [-0.2, 0) is 65.4 Å². The number of esters is 4. The summed E-state index contributed by atoms with van der Waals surface area (Å²) in [4.78, 5) is 72.5. The maximum Gasteiger partial charge on any atom is 0.472 e. The van der Waals surface area contributed by atoms with Gasteiger partial charge in [-0.15, -0.1) is 0 Å². The van der Waals surface area contributed by atoms with E-state index in [0.29, 0.717) is 31.6 Å². The maximum absolute atomic E-state index is 13.0. The van der Waals surface area contributed by atoms with E-state index < -0.39 is 97.5 Å². The largest absolute Gasteiger partial charge is 0.472 e. The Labute approximate surface area is 543 Å². The van der Waals surface area contributed by atoms with Crippen LogP contribution in [0.2, 0.25) is 0 Å². The van der Waals surface area contributed by atoms with E-state index in [-0.39, 0.29) is 25.7 Å². The van der Waals surface area contributed by atoms with Crippen LogP contribution in [0.4, 0.5) is 0 Å². The highest BCUT2D eigenvalue weighted by Gasteiger charge is 2.30. The average molecular weight is 1310 g/mol. The molecule has 0 radical (unpaired) electrons. The number of carbonyl (C=O) groups is 4. The summed E-state index contributed by atoms with van der Waals surface area (Å²) in [6.07, 6.45) is 41.9. The van der Waals surface area contributed by atoms with Gasteiger partial charge in [0.2, 0.25) is 0 Å². The van der Waals surface area contributed by atoms with Gasteiger partial charge >= 0.3 is 39.5 Å². The molecule has 3 N–H and O–H groups in total. The quantitative estimate of drug-likeness (QED) is 0.0222. The van der Waals surface area contributed by atoms with Crippen LogP contribution in [0.15, 0.2) is 0 Å². The van der Waals surface area contributed by atoms with Crippen LogP contribution in [0.3, 0.4) is 0 Å². The fourth-order valence-electron chi connectivity index (χ4n) is 10.4. The number of phosphoric ester groups is 2. The van der Waals surface area contributed by atoms with E-state index in [4.69, 9.17) is 37.0 Å². The second-order valence-corrected chi connectivity index (χ2v) is 29.6. The second-order valence-electron chi connectivity index (χ2n) is 26.7. The lowest BCUT2D eigenvalue weighted by molar-refractivity contribution is -0.161. The molecule has 0 heterocycles. The summed E-state index contributed by atoms with van der Waals surface area (Å²) in [5, 5.41) is 10.6. The van der Waals surface area contributed by atoms with Gasteiger partial charge in [0, 0.05) is 25.7 Å². The predicted octanol–water partition coefficient (Wildman–Crippen LogP) is 19.7. The van der Waals surface area contributed by atoms with E-state index in [0.717, 1.165) is 114 Å². The number of unbranched alkanes of at least 4 members (excludes halogenated alkanes) is 31. The van der Waals surface area contributed by atoms with Crippen LogP contribution in [0.5, 0.6) is 0 Å². The molecule has 19 heteroatoms. The van der Waals surface area contributed by atoms with Crippen molar-refractivity contribution in [3.05, 3.63) is 0 Å². The van der Waals surface area contributed by atoms with Crippen molar-refractivity contribution in [3.8, 4) is 0 Å². The van der Waals surface area contributed by atoms with Crippen molar-refractivity contribution in [2.75, 3.05) is 39.6 Å². The molecule has 89 heavy (non-hydrogen) atoms. The number of ether oxygens (including phenoxy) is 4. The summed E-state index contributed by atoms with van der Waals surface area (Å²) >= 11 is 0. The van der Waals surface area contributed by atoms with Gasteiger partial charge in [-0.05, 0) is 49.4 Å². The molecule has 0 aliphatic carbocycles. The van der Waals surface area contributed by atoms with E-state index >= 15 is 0 Å². The van der Waals surface area contributed by atoms with Crippen LogP contribution in [0, 0.1) is 23.7 Å². The molecule has 0 fully saturated rings. The molecule has 0 amide bonds. The molecule has 0 saturated carbocycles. The first kappa shape index (κ1) is 87.1. The summed E-state index contributed by atoms with van der Waals surface area (Å²) in [6, 6.07) is 0. The van der Waals surface area contributed by atoms with Gasteiger partial charge in [0.25, 0.3) is 0 Å². The van der Waals surface area contributed by atoms with Crippen LogP contribution in [0.25, 0.3) is 0 Å². The molecule has 17 nitrogen and oxygen atoms in total. The third-order valence-corrected chi connectivity index (χ3v) is 18.7. The number of carbonyl (C=O) groups excluding carboxylic acids is 4. The summed E-state index contributed by atoms with van der Waals surface area (Å²) in [5.41, 5.74) is 0. The minimum absolute atomic E-state index is 0.103. The molecule has 0 aromatic heterocycles. The molecule has 0 saturated heterocycles. The van der Waals surface area contributed by atoms with Gasteiger partial charge in [-0.25, -0.2) is 9.13 Å². The number of phosphoric acid groups is 2. The topological polar surface area (TPSA) is 237 Å².